The smallest absolute Gasteiger partial charge is 0.0462 e. The molecule has 0 aliphatic carbocycles. The van der Waals surface area contributed by atoms with E-state index >= 15 is 0 Å². The second kappa shape index (κ2) is 14.5. The van der Waals surface area contributed by atoms with E-state index in [4.69, 9.17) is 0 Å². The van der Waals surface area contributed by atoms with Crippen molar-refractivity contribution in [3.05, 3.63) is 198 Å². The summed E-state index contributed by atoms with van der Waals surface area (Å²) >= 11 is 5.32. The van der Waals surface area contributed by atoms with Crippen molar-refractivity contribution in [1.29, 1.82) is 0 Å². The van der Waals surface area contributed by atoms with Crippen LogP contribution in [0.2, 0.25) is 0 Å². The molecule has 3 aromatic heterocycles. The molecule has 248 valence electrons. The van der Waals surface area contributed by atoms with Gasteiger partial charge in [0, 0.05) is 31.7 Å². The molecule has 6 aromatic carbocycles. The van der Waals surface area contributed by atoms with Gasteiger partial charge in [-0.2, -0.15) is 0 Å². The molecule has 0 atom stereocenters. The monoisotopic (exact) mass is 719 g/mol. The molecule has 0 fully saturated rings. The van der Waals surface area contributed by atoms with E-state index in [9.17, 15) is 0 Å². The predicted octanol–water partition coefficient (Wildman–Crippen LogP) is 15.3. The van der Waals surface area contributed by atoms with Crippen LogP contribution in [0, 0.1) is 0 Å². The largest absolute Gasteiger partial charge is 0.311 e. The lowest BCUT2D eigenvalue weighted by Crippen LogP contribution is -2.09. The molecule has 0 bridgehead atoms. The van der Waals surface area contributed by atoms with Crippen LogP contribution in [0.25, 0.3) is 64.7 Å². The predicted molar refractivity (Wildman–Crippen MR) is 227 cm³/mol. The number of hydrogen-bond acceptors (Lipinski definition) is 4. The molecule has 0 spiro atoms. The normalized spacial score (nSPS) is 11.1. The summed E-state index contributed by atoms with van der Waals surface area (Å²) in [5.74, 6) is 0. The van der Waals surface area contributed by atoms with E-state index < -0.39 is 0 Å². The highest BCUT2D eigenvalue weighted by molar-refractivity contribution is 7.14. The van der Waals surface area contributed by atoms with Gasteiger partial charge < -0.3 is 4.90 Å². The SMILES string of the molecule is c1csc(-c2ccc(-c3ccc(N(c4ccc(-c5ccc(-c6cccs6)cc5)cc4)c4ccc(-c5ccc(-c6cccs6)cc5)cc4)cc3)cc2)c1. The first kappa shape index (κ1) is 32.1. The van der Waals surface area contributed by atoms with Gasteiger partial charge in [-0.25, -0.2) is 0 Å². The van der Waals surface area contributed by atoms with Crippen molar-refractivity contribution in [2.24, 2.45) is 0 Å². The fraction of sp³-hybridized carbons (Fsp3) is 0. The van der Waals surface area contributed by atoms with E-state index in [1.807, 2.05) is 0 Å². The first-order chi connectivity index (χ1) is 25.7. The molecule has 0 unspecified atom stereocenters. The van der Waals surface area contributed by atoms with Crippen molar-refractivity contribution < 1.29 is 0 Å². The minimum Gasteiger partial charge on any atom is -0.311 e. The van der Waals surface area contributed by atoms with Gasteiger partial charge in [0.1, 0.15) is 0 Å². The average molecular weight is 720 g/mol. The molecule has 4 heteroatoms. The van der Waals surface area contributed by atoms with Gasteiger partial charge in [-0.1, -0.05) is 127 Å². The molecule has 9 aromatic rings. The summed E-state index contributed by atoms with van der Waals surface area (Å²) in [5, 5.41) is 6.38. The third kappa shape index (κ3) is 6.68. The first-order valence-corrected chi connectivity index (χ1v) is 19.9. The van der Waals surface area contributed by atoms with E-state index in [-0.39, 0.29) is 0 Å². The van der Waals surface area contributed by atoms with Crippen molar-refractivity contribution in [2.75, 3.05) is 4.90 Å². The molecule has 1 nitrogen and oxygen atoms in total. The van der Waals surface area contributed by atoms with Crippen molar-refractivity contribution >= 4 is 51.1 Å². The fourth-order valence-electron chi connectivity index (χ4n) is 6.67. The third-order valence-corrected chi connectivity index (χ3v) is 12.2. The van der Waals surface area contributed by atoms with Crippen LogP contribution in [0.1, 0.15) is 0 Å². The number of thiophene rings is 3. The van der Waals surface area contributed by atoms with Crippen molar-refractivity contribution in [3.8, 4) is 64.7 Å². The Balaban J connectivity index is 1.02. The number of nitrogens with zero attached hydrogens (tertiary/aromatic N) is 1. The molecule has 3 heterocycles. The van der Waals surface area contributed by atoms with Gasteiger partial charge in [0.2, 0.25) is 0 Å². The van der Waals surface area contributed by atoms with E-state index in [2.05, 4.69) is 203 Å². The van der Waals surface area contributed by atoms with Crippen LogP contribution in [0.4, 0.5) is 17.1 Å². The zero-order chi connectivity index (χ0) is 34.7. The maximum atomic E-state index is 2.34. The van der Waals surface area contributed by atoms with Crippen LogP contribution in [0.5, 0.6) is 0 Å². The van der Waals surface area contributed by atoms with Crippen LogP contribution in [0.3, 0.4) is 0 Å². The number of anilines is 3. The third-order valence-electron chi connectivity index (χ3n) is 9.45. The van der Waals surface area contributed by atoms with Gasteiger partial charge in [-0.05, 0) is 121 Å². The summed E-state index contributed by atoms with van der Waals surface area (Å²) in [6, 6.07) is 66.3. The maximum absolute atomic E-state index is 2.34. The molecule has 0 saturated heterocycles. The van der Waals surface area contributed by atoms with E-state index in [0.717, 1.165) is 17.1 Å². The maximum Gasteiger partial charge on any atom is 0.0462 e. The van der Waals surface area contributed by atoms with Crippen molar-refractivity contribution in [1.82, 2.24) is 0 Å². The average Bonchev–Trinajstić information content (AvgIpc) is 4.05. The summed E-state index contributed by atoms with van der Waals surface area (Å²) in [6.45, 7) is 0. The van der Waals surface area contributed by atoms with E-state index in [1.54, 1.807) is 34.0 Å². The quantitative estimate of drug-likeness (QED) is 0.144. The van der Waals surface area contributed by atoms with Crippen LogP contribution < -0.4 is 4.90 Å². The van der Waals surface area contributed by atoms with E-state index in [0.29, 0.717) is 0 Å². The second-order valence-corrected chi connectivity index (χ2v) is 15.5. The lowest BCUT2D eigenvalue weighted by atomic mass is 10.0. The van der Waals surface area contributed by atoms with Gasteiger partial charge in [-0.15, -0.1) is 34.0 Å². The Labute approximate surface area is 317 Å². The minimum atomic E-state index is 1.11. The van der Waals surface area contributed by atoms with Gasteiger partial charge in [0.15, 0.2) is 0 Å². The van der Waals surface area contributed by atoms with Crippen LogP contribution in [-0.4, -0.2) is 0 Å². The highest BCUT2D eigenvalue weighted by atomic mass is 32.1. The molecular weight excluding hydrogens is 687 g/mol. The number of rotatable bonds is 9. The second-order valence-electron chi connectivity index (χ2n) is 12.6. The zero-order valence-electron chi connectivity index (χ0n) is 28.2. The lowest BCUT2D eigenvalue weighted by molar-refractivity contribution is 1.28. The molecular formula is C48H33NS3. The minimum absolute atomic E-state index is 1.11. The van der Waals surface area contributed by atoms with Crippen LogP contribution >= 0.6 is 34.0 Å². The van der Waals surface area contributed by atoms with Crippen molar-refractivity contribution in [2.45, 2.75) is 0 Å². The highest BCUT2D eigenvalue weighted by Crippen LogP contribution is 2.39. The Bertz CT molecular complexity index is 2190. The van der Waals surface area contributed by atoms with Crippen LogP contribution in [-0.2, 0) is 0 Å². The molecule has 0 N–H and O–H groups in total. The Morgan fingerprint density at radius 3 is 0.654 bits per heavy atom. The molecule has 52 heavy (non-hydrogen) atoms. The topological polar surface area (TPSA) is 3.24 Å². The van der Waals surface area contributed by atoms with Gasteiger partial charge >= 0.3 is 0 Å². The molecule has 0 aliphatic heterocycles. The number of hydrogen-bond donors (Lipinski definition) is 0. The van der Waals surface area contributed by atoms with Gasteiger partial charge in [-0.3, -0.25) is 0 Å². The first-order valence-electron chi connectivity index (χ1n) is 17.3. The van der Waals surface area contributed by atoms with Gasteiger partial charge in [0.25, 0.3) is 0 Å². The Hall–Kier alpha value is -5.78. The van der Waals surface area contributed by atoms with Crippen molar-refractivity contribution in [3.63, 3.8) is 0 Å². The molecule has 0 amide bonds. The zero-order valence-corrected chi connectivity index (χ0v) is 30.7. The molecule has 0 saturated carbocycles. The molecule has 9 rings (SSSR count). The summed E-state index contributed by atoms with van der Waals surface area (Å²) in [4.78, 5) is 6.22. The summed E-state index contributed by atoms with van der Waals surface area (Å²) < 4.78 is 0. The van der Waals surface area contributed by atoms with Gasteiger partial charge in [0.05, 0.1) is 0 Å². The molecule has 0 aliphatic rings. The summed E-state index contributed by atoms with van der Waals surface area (Å²) in [6.07, 6.45) is 0. The fourth-order valence-corrected chi connectivity index (χ4v) is 8.86. The standard InChI is InChI=1S/C48H33NS3/c1-4-46(50-31-1)40-13-7-34(8-14-40)37-19-25-43(26-20-37)49(44-27-21-38(22-28-44)35-9-15-41(16-10-35)47-5-2-32-51-47)45-29-23-39(24-30-45)36-11-17-42(18-12-36)48-6-3-33-52-48/h1-33H. The Morgan fingerprint density at radius 1 is 0.231 bits per heavy atom. The Morgan fingerprint density at radius 2 is 0.442 bits per heavy atom. The highest BCUT2D eigenvalue weighted by Gasteiger charge is 2.14. The van der Waals surface area contributed by atoms with Crippen LogP contribution in [0.15, 0.2) is 198 Å². The number of benzene rings is 6. The Kier molecular flexibility index (Phi) is 8.94. The molecule has 0 radical (unpaired) electrons. The van der Waals surface area contributed by atoms with E-state index in [1.165, 1.54) is 64.7 Å². The summed E-state index contributed by atoms with van der Waals surface area (Å²) in [7, 11) is 0. The summed E-state index contributed by atoms with van der Waals surface area (Å²) in [5.41, 5.74) is 14.3. The lowest BCUT2D eigenvalue weighted by Gasteiger charge is -2.26.